The molecule has 1 aliphatic rings. The molecule has 35 heavy (non-hydrogen) atoms. The molecule has 1 amide bonds. The fourth-order valence-electron chi connectivity index (χ4n) is 4.87. The molecule has 3 aromatic carbocycles. The molecular weight excluding hydrogens is 434 g/mol. The summed E-state index contributed by atoms with van der Waals surface area (Å²) in [5.41, 5.74) is 3.05. The van der Waals surface area contributed by atoms with Gasteiger partial charge in [-0.15, -0.1) is 0 Å². The van der Waals surface area contributed by atoms with E-state index >= 15 is 0 Å². The molecular formula is C30H31N3O2. The van der Waals surface area contributed by atoms with E-state index in [0.29, 0.717) is 28.9 Å². The first-order chi connectivity index (χ1) is 17.1. The summed E-state index contributed by atoms with van der Waals surface area (Å²) in [6, 6.07) is 27.5. The molecule has 1 aromatic heterocycles. The molecule has 1 fully saturated rings. The van der Waals surface area contributed by atoms with Gasteiger partial charge in [0.15, 0.2) is 0 Å². The molecule has 1 saturated carbocycles. The number of fused-ring (bicyclic) bond motifs is 1. The third-order valence-electron chi connectivity index (χ3n) is 6.91. The van der Waals surface area contributed by atoms with E-state index in [1.54, 1.807) is 4.57 Å². The summed E-state index contributed by atoms with van der Waals surface area (Å²) in [4.78, 5) is 30.1. The average Bonchev–Trinajstić information content (AvgIpc) is 3.74. The van der Waals surface area contributed by atoms with Gasteiger partial charge in [0.2, 0.25) is 0 Å². The van der Waals surface area contributed by atoms with Crippen molar-refractivity contribution in [2.24, 2.45) is 0 Å². The predicted molar refractivity (Wildman–Crippen MR) is 141 cm³/mol. The summed E-state index contributed by atoms with van der Waals surface area (Å²) in [7, 11) is 2.08. The van der Waals surface area contributed by atoms with Gasteiger partial charge in [-0.25, -0.2) is 0 Å². The van der Waals surface area contributed by atoms with Crippen molar-refractivity contribution < 1.29 is 4.79 Å². The Balaban J connectivity index is 1.71. The molecule has 0 aliphatic heterocycles. The maximum atomic E-state index is 14.0. The molecule has 178 valence electrons. The first kappa shape index (κ1) is 23.1. The minimum absolute atomic E-state index is 0.0994. The van der Waals surface area contributed by atoms with Crippen molar-refractivity contribution in [1.29, 1.82) is 0 Å². The first-order valence-corrected chi connectivity index (χ1v) is 12.4. The smallest absolute Gasteiger partial charge is 0.263 e. The third-order valence-corrected chi connectivity index (χ3v) is 6.91. The van der Waals surface area contributed by atoms with Crippen LogP contribution in [0, 0.1) is 0 Å². The molecule has 1 heterocycles. The van der Waals surface area contributed by atoms with Gasteiger partial charge in [-0.3, -0.25) is 19.1 Å². The summed E-state index contributed by atoms with van der Waals surface area (Å²) in [5, 5.41) is 4.52. The van der Waals surface area contributed by atoms with Crippen LogP contribution in [0.3, 0.4) is 0 Å². The highest BCUT2D eigenvalue weighted by atomic mass is 16.2. The lowest BCUT2D eigenvalue weighted by Crippen LogP contribution is -2.35. The molecule has 0 radical (unpaired) electrons. The van der Waals surface area contributed by atoms with Gasteiger partial charge in [0, 0.05) is 29.0 Å². The minimum atomic E-state index is -0.152. The van der Waals surface area contributed by atoms with Crippen LogP contribution in [0.25, 0.3) is 16.5 Å². The van der Waals surface area contributed by atoms with Gasteiger partial charge in [0.25, 0.3) is 11.5 Å². The van der Waals surface area contributed by atoms with Crippen molar-refractivity contribution in [3.8, 4) is 5.69 Å². The fourth-order valence-corrected chi connectivity index (χ4v) is 4.87. The highest BCUT2D eigenvalue weighted by Crippen LogP contribution is 2.30. The standard InChI is InChI=1S/C30H31N3O2/c1-3-26(21-12-6-4-7-13-21)31-29(34)28-24-16-10-11-17-25(24)30(35)33(23-14-8-5-9-15-23)27(28)20-32(2)22-18-19-22/h4-17,22,26H,3,18-20H2,1-2H3,(H,31,34)/t26-/m0/s1. The number of carbonyl (C=O) groups excluding carboxylic acids is 1. The van der Waals surface area contributed by atoms with Gasteiger partial charge in [-0.2, -0.15) is 0 Å². The largest absolute Gasteiger partial charge is 0.345 e. The lowest BCUT2D eigenvalue weighted by atomic mass is 9.99. The highest BCUT2D eigenvalue weighted by Gasteiger charge is 2.30. The van der Waals surface area contributed by atoms with Crippen molar-refractivity contribution in [3.05, 3.63) is 112 Å². The lowest BCUT2D eigenvalue weighted by molar-refractivity contribution is 0.0934. The van der Waals surface area contributed by atoms with E-state index in [4.69, 9.17) is 0 Å². The van der Waals surface area contributed by atoms with E-state index in [-0.39, 0.29) is 17.5 Å². The van der Waals surface area contributed by atoms with Crippen LogP contribution in [0.4, 0.5) is 0 Å². The quantitative estimate of drug-likeness (QED) is 0.376. The Morgan fingerprint density at radius 3 is 2.17 bits per heavy atom. The van der Waals surface area contributed by atoms with Gasteiger partial charge in [-0.05, 0) is 50.1 Å². The molecule has 1 aliphatic carbocycles. The van der Waals surface area contributed by atoms with Crippen molar-refractivity contribution in [2.75, 3.05) is 7.05 Å². The summed E-state index contributed by atoms with van der Waals surface area (Å²) in [6.07, 6.45) is 3.06. The highest BCUT2D eigenvalue weighted by molar-refractivity contribution is 6.08. The SMILES string of the molecule is CC[C@H](NC(=O)c1c(CN(C)C2CC2)n(-c2ccccc2)c(=O)c2ccccc12)c1ccccc1. The van der Waals surface area contributed by atoms with E-state index in [2.05, 4.69) is 24.2 Å². The van der Waals surface area contributed by atoms with E-state index in [1.807, 2.05) is 84.9 Å². The number of rotatable bonds is 8. The second-order valence-corrected chi connectivity index (χ2v) is 9.33. The zero-order valence-corrected chi connectivity index (χ0v) is 20.3. The van der Waals surface area contributed by atoms with Gasteiger partial charge in [0.1, 0.15) is 0 Å². The maximum absolute atomic E-state index is 14.0. The van der Waals surface area contributed by atoms with E-state index in [0.717, 1.165) is 36.2 Å². The molecule has 5 heteroatoms. The van der Waals surface area contributed by atoms with Gasteiger partial charge in [0.05, 0.1) is 17.3 Å². The monoisotopic (exact) mass is 465 g/mol. The molecule has 5 nitrogen and oxygen atoms in total. The number of para-hydroxylation sites is 1. The van der Waals surface area contributed by atoms with Crippen LogP contribution >= 0.6 is 0 Å². The fraction of sp³-hybridized carbons (Fsp3) is 0.267. The number of amides is 1. The summed E-state index contributed by atoms with van der Waals surface area (Å²) in [5.74, 6) is -0.152. The molecule has 0 bridgehead atoms. The molecule has 0 saturated heterocycles. The van der Waals surface area contributed by atoms with Gasteiger partial charge < -0.3 is 5.32 Å². The number of hydrogen-bond acceptors (Lipinski definition) is 3. The predicted octanol–water partition coefficient (Wildman–Crippen LogP) is 5.47. The minimum Gasteiger partial charge on any atom is -0.345 e. The zero-order chi connectivity index (χ0) is 24.4. The Hall–Kier alpha value is -3.70. The third kappa shape index (κ3) is 4.64. The average molecular weight is 466 g/mol. The van der Waals surface area contributed by atoms with Crippen molar-refractivity contribution in [3.63, 3.8) is 0 Å². The number of benzene rings is 3. The number of carbonyl (C=O) groups is 1. The lowest BCUT2D eigenvalue weighted by Gasteiger charge is -2.25. The van der Waals surface area contributed by atoms with Crippen LogP contribution in [0.2, 0.25) is 0 Å². The second-order valence-electron chi connectivity index (χ2n) is 9.33. The van der Waals surface area contributed by atoms with E-state index < -0.39 is 0 Å². The zero-order valence-electron chi connectivity index (χ0n) is 20.3. The van der Waals surface area contributed by atoms with Crippen LogP contribution in [0.1, 0.15) is 53.8 Å². The number of nitrogens with zero attached hydrogens (tertiary/aromatic N) is 2. The van der Waals surface area contributed by atoms with Crippen LogP contribution in [0.15, 0.2) is 89.7 Å². The molecule has 4 aromatic rings. The number of pyridine rings is 1. The van der Waals surface area contributed by atoms with Gasteiger partial charge in [-0.1, -0.05) is 73.7 Å². The molecule has 1 atom stereocenters. The topological polar surface area (TPSA) is 54.3 Å². The van der Waals surface area contributed by atoms with Crippen molar-refractivity contribution in [1.82, 2.24) is 14.8 Å². The number of aromatic nitrogens is 1. The molecule has 0 spiro atoms. The Bertz CT molecular complexity index is 1390. The molecule has 1 N–H and O–H groups in total. The van der Waals surface area contributed by atoms with Crippen LogP contribution in [0.5, 0.6) is 0 Å². The summed E-state index contributed by atoms with van der Waals surface area (Å²) >= 11 is 0. The normalized spacial score (nSPS) is 14.3. The Morgan fingerprint density at radius 1 is 0.943 bits per heavy atom. The summed E-state index contributed by atoms with van der Waals surface area (Å²) in [6.45, 7) is 2.59. The first-order valence-electron chi connectivity index (χ1n) is 12.4. The number of hydrogen-bond donors (Lipinski definition) is 1. The number of nitrogens with one attached hydrogen (secondary N) is 1. The Kier molecular flexibility index (Phi) is 6.51. The molecule has 5 rings (SSSR count). The van der Waals surface area contributed by atoms with Crippen molar-refractivity contribution in [2.45, 2.75) is 44.8 Å². The Labute approximate surface area is 206 Å². The second kappa shape index (κ2) is 9.88. The van der Waals surface area contributed by atoms with E-state index in [1.165, 1.54) is 0 Å². The summed E-state index contributed by atoms with van der Waals surface area (Å²) < 4.78 is 1.74. The van der Waals surface area contributed by atoms with Crippen LogP contribution < -0.4 is 10.9 Å². The maximum Gasteiger partial charge on any atom is 0.263 e. The van der Waals surface area contributed by atoms with Crippen molar-refractivity contribution >= 4 is 16.7 Å². The van der Waals surface area contributed by atoms with Crippen LogP contribution in [-0.4, -0.2) is 28.5 Å². The molecule has 0 unspecified atom stereocenters. The van der Waals surface area contributed by atoms with Crippen LogP contribution in [-0.2, 0) is 6.54 Å². The van der Waals surface area contributed by atoms with E-state index in [9.17, 15) is 9.59 Å². The Morgan fingerprint density at radius 2 is 1.54 bits per heavy atom. The van der Waals surface area contributed by atoms with Gasteiger partial charge >= 0.3 is 0 Å².